The van der Waals surface area contributed by atoms with Gasteiger partial charge >= 0.3 is 6.18 Å². The summed E-state index contributed by atoms with van der Waals surface area (Å²) in [6.07, 6.45) is 0.845. The van der Waals surface area contributed by atoms with Crippen molar-refractivity contribution in [3.63, 3.8) is 0 Å². The molecule has 0 aliphatic carbocycles. The van der Waals surface area contributed by atoms with Crippen molar-refractivity contribution in [2.45, 2.75) is 44.3 Å². The van der Waals surface area contributed by atoms with Crippen molar-refractivity contribution >= 4 is 11.6 Å². The number of aromatic nitrogens is 2. The Bertz CT molecular complexity index is 1150. The van der Waals surface area contributed by atoms with Crippen molar-refractivity contribution in [3.05, 3.63) is 65.9 Å². The van der Waals surface area contributed by atoms with Gasteiger partial charge in [0.15, 0.2) is 5.78 Å². The topological polar surface area (TPSA) is 83.0 Å². The van der Waals surface area contributed by atoms with E-state index in [1.165, 1.54) is 24.7 Å². The highest BCUT2D eigenvalue weighted by Crippen LogP contribution is 2.33. The molecule has 0 saturated carbocycles. The van der Waals surface area contributed by atoms with Crippen LogP contribution in [-0.4, -0.2) is 28.3 Å². The third-order valence-corrected chi connectivity index (χ3v) is 5.67. The maximum Gasteiger partial charge on any atom is 0.451 e. The van der Waals surface area contributed by atoms with E-state index in [4.69, 9.17) is 9.68 Å². The molecule has 1 saturated heterocycles. The molecule has 0 amide bonds. The lowest BCUT2D eigenvalue weighted by Crippen LogP contribution is -2.37. The van der Waals surface area contributed by atoms with Gasteiger partial charge in [0.2, 0.25) is 5.82 Å². The summed E-state index contributed by atoms with van der Waals surface area (Å²) in [6.45, 7) is 0.450. The Morgan fingerprint density at radius 1 is 1.21 bits per heavy atom. The molecule has 1 fully saturated rings. The fourth-order valence-electron chi connectivity index (χ4n) is 4.02. The molecule has 170 valence electrons. The summed E-state index contributed by atoms with van der Waals surface area (Å²) >= 11 is 0. The number of halogens is 3. The van der Waals surface area contributed by atoms with Gasteiger partial charge in [-0.2, -0.15) is 18.4 Å². The standard InChI is InChI=1S/C24H21F3N4O2/c25-24(26,27)23-29-19(18-10-12-33-15-18)13-22(30-23)31-11-2-4-20(31)21(32)5-1-3-16-6-8-17(14-28)9-7-16/h6-10,12-13,15,20H,1-5,11H2/t20-/m0/s1. The van der Waals surface area contributed by atoms with E-state index >= 15 is 0 Å². The summed E-state index contributed by atoms with van der Waals surface area (Å²) < 4.78 is 45.4. The molecular weight excluding hydrogens is 433 g/mol. The minimum atomic E-state index is -4.71. The molecular formula is C24H21F3N4O2. The van der Waals surface area contributed by atoms with Gasteiger partial charge < -0.3 is 9.32 Å². The van der Waals surface area contributed by atoms with E-state index in [9.17, 15) is 18.0 Å². The fourth-order valence-corrected chi connectivity index (χ4v) is 4.02. The van der Waals surface area contributed by atoms with Gasteiger partial charge in [0.05, 0.1) is 35.9 Å². The van der Waals surface area contributed by atoms with Gasteiger partial charge in [0.1, 0.15) is 5.82 Å². The minimum absolute atomic E-state index is 0.0156. The molecule has 0 N–H and O–H groups in total. The number of alkyl halides is 3. The maximum absolute atomic E-state index is 13.5. The van der Waals surface area contributed by atoms with Gasteiger partial charge in [0.25, 0.3) is 0 Å². The molecule has 0 radical (unpaired) electrons. The molecule has 9 heteroatoms. The number of aryl methyl sites for hydroxylation is 1. The van der Waals surface area contributed by atoms with Gasteiger partial charge in [-0.25, -0.2) is 9.97 Å². The van der Waals surface area contributed by atoms with Crippen molar-refractivity contribution in [1.29, 1.82) is 5.26 Å². The monoisotopic (exact) mass is 454 g/mol. The fraction of sp³-hybridized carbons (Fsp3) is 0.333. The predicted octanol–water partition coefficient (Wildman–Crippen LogP) is 5.19. The van der Waals surface area contributed by atoms with Crippen molar-refractivity contribution < 1.29 is 22.4 Å². The smallest absolute Gasteiger partial charge is 0.451 e. The maximum atomic E-state index is 13.5. The Hall–Kier alpha value is -3.67. The van der Waals surface area contributed by atoms with E-state index in [0.717, 1.165) is 5.56 Å². The number of furan rings is 1. The molecule has 4 rings (SSSR count). The summed E-state index contributed by atoms with van der Waals surface area (Å²) in [5, 5.41) is 8.87. The largest absolute Gasteiger partial charge is 0.472 e. The molecule has 1 aliphatic heterocycles. The summed E-state index contributed by atoms with van der Waals surface area (Å²) in [5.41, 5.74) is 2.11. The molecule has 0 spiro atoms. The molecule has 3 heterocycles. The van der Waals surface area contributed by atoms with Crippen LogP contribution in [0, 0.1) is 11.3 Å². The first-order chi connectivity index (χ1) is 15.8. The average Bonchev–Trinajstić information content (AvgIpc) is 3.51. The number of carbonyl (C=O) groups excluding carboxylic acids is 1. The lowest BCUT2D eigenvalue weighted by molar-refractivity contribution is -0.144. The Morgan fingerprint density at radius 3 is 2.67 bits per heavy atom. The van der Waals surface area contributed by atoms with Gasteiger partial charge in [0, 0.05) is 24.6 Å². The number of anilines is 1. The van der Waals surface area contributed by atoms with Crippen molar-refractivity contribution in [2.75, 3.05) is 11.4 Å². The number of nitriles is 1. The van der Waals surface area contributed by atoms with Crippen LogP contribution in [0.5, 0.6) is 0 Å². The second-order valence-corrected chi connectivity index (χ2v) is 7.92. The number of nitrogens with zero attached hydrogens (tertiary/aromatic N) is 4. The number of rotatable bonds is 7. The van der Waals surface area contributed by atoms with Crippen LogP contribution in [0.4, 0.5) is 19.0 Å². The molecule has 0 unspecified atom stereocenters. The van der Waals surface area contributed by atoms with Crippen LogP contribution < -0.4 is 4.90 Å². The summed E-state index contributed by atoms with van der Waals surface area (Å²) in [5.74, 6) is -1.16. The molecule has 0 bridgehead atoms. The molecule has 1 aromatic carbocycles. The second kappa shape index (κ2) is 9.45. The van der Waals surface area contributed by atoms with Gasteiger partial charge in [-0.05, 0) is 49.4 Å². The first-order valence-corrected chi connectivity index (χ1v) is 10.6. The summed E-state index contributed by atoms with van der Waals surface area (Å²) in [4.78, 5) is 22.0. The highest BCUT2D eigenvalue weighted by Gasteiger charge is 2.38. The zero-order chi connectivity index (χ0) is 23.4. The first-order valence-electron chi connectivity index (χ1n) is 10.6. The molecule has 33 heavy (non-hydrogen) atoms. The molecule has 2 aromatic heterocycles. The lowest BCUT2D eigenvalue weighted by Gasteiger charge is -2.25. The zero-order valence-corrected chi connectivity index (χ0v) is 17.7. The number of carbonyl (C=O) groups is 1. The van der Waals surface area contributed by atoms with Crippen LogP contribution in [0.3, 0.4) is 0 Å². The summed E-state index contributed by atoms with van der Waals surface area (Å²) in [6, 6.07) is 11.8. The van der Waals surface area contributed by atoms with E-state index in [1.807, 2.05) is 12.1 Å². The second-order valence-electron chi connectivity index (χ2n) is 7.92. The number of Topliss-reactive ketones (excluding diaryl/α,β-unsaturated/α-hetero) is 1. The number of hydrogen-bond donors (Lipinski definition) is 0. The van der Waals surface area contributed by atoms with Crippen LogP contribution in [0.2, 0.25) is 0 Å². The quantitative estimate of drug-likeness (QED) is 0.489. The van der Waals surface area contributed by atoms with Crippen molar-refractivity contribution in [3.8, 4) is 17.3 Å². The van der Waals surface area contributed by atoms with Crippen LogP contribution in [0.1, 0.15) is 42.6 Å². The third kappa shape index (κ3) is 5.22. The van der Waals surface area contributed by atoms with E-state index in [0.29, 0.717) is 49.8 Å². The number of hydrogen-bond acceptors (Lipinski definition) is 6. The van der Waals surface area contributed by atoms with E-state index in [1.54, 1.807) is 17.0 Å². The van der Waals surface area contributed by atoms with E-state index in [-0.39, 0.29) is 17.3 Å². The van der Waals surface area contributed by atoms with Crippen molar-refractivity contribution in [1.82, 2.24) is 9.97 Å². The third-order valence-electron chi connectivity index (χ3n) is 5.67. The lowest BCUT2D eigenvalue weighted by atomic mass is 10.0. The van der Waals surface area contributed by atoms with E-state index < -0.39 is 18.0 Å². The van der Waals surface area contributed by atoms with Gasteiger partial charge in [-0.3, -0.25) is 4.79 Å². The Labute approximate surface area is 188 Å². The minimum Gasteiger partial charge on any atom is -0.472 e. The summed E-state index contributed by atoms with van der Waals surface area (Å²) in [7, 11) is 0. The molecule has 3 aromatic rings. The van der Waals surface area contributed by atoms with Crippen LogP contribution in [0.15, 0.2) is 53.3 Å². The number of ketones is 1. The van der Waals surface area contributed by atoms with Crippen molar-refractivity contribution in [2.24, 2.45) is 0 Å². The highest BCUT2D eigenvalue weighted by atomic mass is 19.4. The number of benzene rings is 1. The molecule has 6 nitrogen and oxygen atoms in total. The molecule has 1 aliphatic rings. The predicted molar refractivity (Wildman–Crippen MR) is 114 cm³/mol. The van der Waals surface area contributed by atoms with Crippen LogP contribution in [-0.2, 0) is 17.4 Å². The highest BCUT2D eigenvalue weighted by molar-refractivity contribution is 5.87. The van der Waals surface area contributed by atoms with Crippen LogP contribution >= 0.6 is 0 Å². The first kappa shape index (κ1) is 22.5. The zero-order valence-electron chi connectivity index (χ0n) is 17.7. The van der Waals surface area contributed by atoms with Gasteiger partial charge in [-0.15, -0.1) is 0 Å². The average molecular weight is 454 g/mol. The Kier molecular flexibility index (Phi) is 6.45. The van der Waals surface area contributed by atoms with Gasteiger partial charge in [-0.1, -0.05) is 12.1 Å². The molecule has 1 atom stereocenters. The van der Waals surface area contributed by atoms with Crippen LogP contribution in [0.25, 0.3) is 11.3 Å². The normalized spacial score (nSPS) is 16.1. The Morgan fingerprint density at radius 2 is 2.00 bits per heavy atom. The Balaban J connectivity index is 1.49. The SMILES string of the molecule is N#Cc1ccc(CCCC(=O)[C@@H]2CCCN2c2cc(-c3ccoc3)nc(C(F)(F)F)n2)cc1. The van der Waals surface area contributed by atoms with E-state index in [2.05, 4.69) is 16.0 Å².